The van der Waals surface area contributed by atoms with Crippen molar-refractivity contribution in [3.63, 3.8) is 0 Å². The number of hydrogen-bond acceptors (Lipinski definition) is 3. The molecule has 4 N–H and O–H groups in total. The molecule has 2 aliphatic carbocycles. The number of anilines is 1. The highest BCUT2D eigenvalue weighted by atomic mass is 35.5. The van der Waals surface area contributed by atoms with Crippen molar-refractivity contribution in [3.05, 3.63) is 69.8 Å². The van der Waals surface area contributed by atoms with Crippen molar-refractivity contribution >= 4 is 34.7 Å². The van der Waals surface area contributed by atoms with E-state index in [-0.39, 0.29) is 11.3 Å². The van der Waals surface area contributed by atoms with Gasteiger partial charge in [-0.2, -0.15) is 0 Å². The summed E-state index contributed by atoms with van der Waals surface area (Å²) in [6.45, 7) is 11.3. The number of benzene rings is 2. The summed E-state index contributed by atoms with van der Waals surface area (Å²) in [7, 11) is 0. The second-order valence-corrected chi connectivity index (χ2v) is 10.6. The molecule has 0 saturated carbocycles. The summed E-state index contributed by atoms with van der Waals surface area (Å²) in [5.41, 5.74) is 12.7. The number of hydrogen-bond donors (Lipinski definition) is 3. The summed E-state index contributed by atoms with van der Waals surface area (Å²) < 4.78 is 0. The molecule has 2 aromatic rings. The Bertz CT molecular complexity index is 1270. The maximum atomic E-state index is 12.4. The fourth-order valence-electron chi connectivity index (χ4n) is 5.37. The molecule has 2 aromatic carbocycles. The normalized spacial score (nSPS) is 19.5. The average Bonchev–Trinajstić information content (AvgIpc) is 3.12. The van der Waals surface area contributed by atoms with Crippen LogP contribution in [-0.4, -0.2) is 22.5 Å². The predicted molar refractivity (Wildman–Crippen MR) is 138 cm³/mol. The van der Waals surface area contributed by atoms with Gasteiger partial charge in [-0.15, -0.1) is 0 Å². The fraction of sp³-hybridized carbons (Fsp3) is 0.357. The first-order valence-electron chi connectivity index (χ1n) is 11.5. The van der Waals surface area contributed by atoms with Crippen molar-refractivity contribution in [3.8, 4) is 11.1 Å². The van der Waals surface area contributed by atoms with E-state index in [9.17, 15) is 14.7 Å². The maximum Gasteiger partial charge on any atom is 0.249 e. The fourth-order valence-corrected chi connectivity index (χ4v) is 5.67. The molecule has 1 unspecified atom stereocenters. The lowest BCUT2D eigenvalue weighted by molar-refractivity contribution is -0.111. The van der Waals surface area contributed by atoms with Gasteiger partial charge in [-0.1, -0.05) is 42.8 Å². The zero-order chi connectivity index (χ0) is 25.0. The number of allylic oxidation sites excluding steroid dienone is 2. The van der Waals surface area contributed by atoms with E-state index >= 15 is 0 Å². The first kappa shape index (κ1) is 24.2. The van der Waals surface area contributed by atoms with Gasteiger partial charge >= 0.3 is 0 Å². The number of halogens is 1. The van der Waals surface area contributed by atoms with Gasteiger partial charge in [0, 0.05) is 21.8 Å². The summed E-state index contributed by atoms with van der Waals surface area (Å²) in [4.78, 5) is 24.3. The van der Waals surface area contributed by atoms with Gasteiger partial charge in [-0.05, 0) is 97.9 Å². The Morgan fingerprint density at radius 2 is 2.00 bits per heavy atom. The first-order chi connectivity index (χ1) is 15.9. The van der Waals surface area contributed by atoms with E-state index in [0.717, 1.165) is 47.1 Å². The maximum absolute atomic E-state index is 12.4. The molecule has 0 heterocycles. The first-order valence-corrected chi connectivity index (χ1v) is 11.9. The van der Waals surface area contributed by atoms with Gasteiger partial charge in [-0.25, -0.2) is 0 Å². The van der Waals surface area contributed by atoms with Crippen LogP contribution in [0.3, 0.4) is 0 Å². The van der Waals surface area contributed by atoms with Crippen LogP contribution in [0.4, 0.5) is 5.69 Å². The SMILES string of the molecule is C=CC(=O)Nc1cccc(-c2c(Cl)cc(C(N)=O)c3c2C2=C(C3)CC(C)(C(C)(C)O)CC2)c1C. The molecule has 4 rings (SSSR count). The molecule has 0 aliphatic heterocycles. The number of carbonyl (C=O) groups is 2. The van der Waals surface area contributed by atoms with Gasteiger partial charge in [0.2, 0.25) is 11.8 Å². The number of carbonyl (C=O) groups excluding carboxylic acids is 2. The summed E-state index contributed by atoms with van der Waals surface area (Å²) in [6.07, 6.45) is 4.19. The molecule has 0 fully saturated rings. The third-order valence-corrected chi connectivity index (χ3v) is 8.12. The summed E-state index contributed by atoms with van der Waals surface area (Å²) in [6, 6.07) is 7.36. The molecule has 2 amide bonds. The lowest BCUT2D eigenvalue weighted by Crippen LogP contribution is -2.42. The zero-order valence-electron chi connectivity index (χ0n) is 20.1. The van der Waals surface area contributed by atoms with Gasteiger partial charge in [0.1, 0.15) is 0 Å². The highest BCUT2D eigenvalue weighted by molar-refractivity contribution is 6.34. The van der Waals surface area contributed by atoms with Crippen molar-refractivity contribution in [2.45, 2.75) is 59.0 Å². The van der Waals surface area contributed by atoms with Crippen LogP contribution in [0.5, 0.6) is 0 Å². The summed E-state index contributed by atoms with van der Waals surface area (Å²) in [5, 5.41) is 14.2. The molecule has 178 valence electrons. The largest absolute Gasteiger partial charge is 0.390 e. The van der Waals surface area contributed by atoms with Gasteiger partial charge < -0.3 is 16.2 Å². The van der Waals surface area contributed by atoms with Crippen LogP contribution >= 0.6 is 11.6 Å². The molecular weight excluding hydrogens is 448 g/mol. The van der Waals surface area contributed by atoms with Gasteiger partial charge in [0.05, 0.1) is 5.60 Å². The lowest BCUT2D eigenvalue weighted by atomic mass is 9.64. The number of nitrogens with one attached hydrogen (secondary N) is 1. The van der Waals surface area contributed by atoms with Crippen LogP contribution in [0.2, 0.25) is 5.02 Å². The minimum Gasteiger partial charge on any atom is -0.390 e. The summed E-state index contributed by atoms with van der Waals surface area (Å²) >= 11 is 6.83. The minimum atomic E-state index is -0.832. The van der Waals surface area contributed by atoms with E-state index in [1.54, 1.807) is 6.07 Å². The topological polar surface area (TPSA) is 92.4 Å². The quantitative estimate of drug-likeness (QED) is 0.473. The van der Waals surface area contributed by atoms with Crippen molar-refractivity contribution in [2.24, 2.45) is 11.1 Å². The van der Waals surface area contributed by atoms with Crippen LogP contribution < -0.4 is 11.1 Å². The lowest BCUT2D eigenvalue weighted by Gasteiger charge is -2.44. The highest BCUT2D eigenvalue weighted by Crippen LogP contribution is 2.55. The predicted octanol–water partition coefficient (Wildman–Crippen LogP) is 5.81. The average molecular weight is 479 g/mol. The molecule has 0 bridgehead atoms. The number of amides is 2. The van der Waals surface area contributed by atoms with Gasteiger partial charge in [-0.3, -0.25) is 9.59 Å². The van der Waals surface area contributed by atoms with Gasteiger partial charge in [0.25, 0.3) is 0 Å². The van der Waals surface area contributed by atoms with E-state index in [4.69, 9.17) is 17.3 Å². The smallest absolute Gasteiger partial charge is 0.249 e. The van der Waals surface area contributed by atoms with Crippen molar-refractivity contribution in [1.82, 2.24) is 0 Å². The molecular formula is C28H31ClN2O3. The Morgan fingerprint density at radius 3 is 2.62 bits per heavy atom. The third-order valence-electron chi connectivity index (χ3n) is 7.82. The standard InChI is InChI=1S/C28H31ClN2O3/c1-6-23(32)31-22-9-7-8-17(15(22)2)25-21(29)13-20(26(30)33)19-12-16-14-28(5,27(3,4)34)11-10-18(16)24(19)25/h6-9,13,34H,1,10-12,14H2,2-5H3,(H2,30,33)(H,31,32). The Balaban J connectivity index is 1.94. The van der Waals surface area contributed by atoms with Gasteiger partial charge in [0.15, 0.2) is 0 Å². The Labute approximate surface area is 205 Å². The number of primary amides is 1. The molecule has 0 saturated heterocycles. The van der Waals surface area contributed by atoms with Crippen molar-refractivity contribution in [2.75, 3.05) is 5.32 Å². The number of aliphatic hydroxyl groups is 1. The van der Waals surface area contributed by atoms with E-state index < -0.39 is 11.5 Å². The Morgan fingerprint density at radius 1 is 1.29 bits per heavy atom. The second kappa shape index (κ2) is 8.40. The molecule has 34 heavy (non-hydrogen) atoms. The number of fused-ring (bicyclic) bond motifs is 2. The van der Waals surface area contributed by atoms with E-state index in [1.807, 2.05) is 39.0 Å². The van der Waals surface area contributed by atoms with E-state index in [1.165, 1.54) is 17.2 Å². The zero-order valence-corrected chi connectivity index (χ0v) is 20.9. The molecule has 1 atom stereocenters. The molecule has 0 radical (unpaired) electrons. The van der Waals surface area contributed by atoms with Crippen molar-refractivity contribution < 1.29 is 14.7 Å². The minimum absolute atomic E-state index is 0.268. The molecule has 2 aliphatic rings. The van der Waals surface area contributed by atoms with Crippen LogP contribution in [0, 0.1) is 12.3 Å². The van der Waals surface area contributed by atoms with E-state index in [2.05, 4.69) is 18.8 Å². The van der Waals surface area contributed by atoms with Crippen molar-refractivity contribution in [1.29, 1.82) is 0 Å². The van der Waals surface area contributed by atoms with Crippen LogP contribution in [0.1, 0.15) is 67.1 Å². The van der Waals surface area contributed by atoms with E-state index in [0.29, 0.717) is 22.7 Å². The monoisotopic (exact) mass is 478 g/mol. The number of nitrogens with two attached hydrogens (primary N) is 1. The third kappa shape index (κ3) is 3.87. The second-order valence-electron chi connectivity index (χ2n) is 10.2. The Hall–Kier alpha value is -2.89. The molecule has 0 spiro atoms. The van der Waals surface area contributed by atoms with Crippen LogP contribution in [-0.2, 0) is 11.2 Å². The molecule has 6 heteroatoms. The highest BCUT2D eigenvalue weighted by Gasteiger charge is 2.45. The summed E-state index contributed by atoms with van der Waals surface area (Å²) in [5.74, 6) is -0.789. The van der Waals surface area contributed by atoms with Crippen LogP contribution in [0.15, 0.2) is 42.5 Å². The molecule has 5 nitrogen and oxygen atoms in total. The van der Waals surface area contributed by atoms with Crippen LogP contribution in [0.25, 0.3) is 16.7 Å². The molecule has 0 aromatic heterocycles. The number of rotatable bonds is 5. The Kier molecular flexibility index (Phi) is 5.99.